The summed E-state index contributed by atoms with van der Waals surface area (Å²) in [5.74, 6) is -0.502. The average molecular weight is 385 g/mol. The number of unbranched alkanes of at least 4 members (excludes halogenated alkanes) is 2. The molecule has 0 atom stereocenters. The van der Waals surface area contributed by atoms with Gasteiger partial charge >= 0.3 is 11.9 Å². The number of carbonyl (C=O) groups is 2. The minimum Gasteiger partial charge on any atom is -0.466 e. The SMILES string of the molecule is CCCCCOC(=O)CCCC(=O)OCCc1ccccc1Br. The molecule has 0 aliphatic carbocycles. The van der Waals surface area contributed by atoms with E-state index < -0.39 is 0 Å². The fourth-order valence-corrected chi connectivity index (χ4v) is 2.52. The molecule has 1 rings (SSSR count). The van der Waals surface area contributed by atoms with E-state index in [9.17, 15) is 9.59 Å². The largest absolute Gasteiger partial charge is 0.466 e. The molecule has 0 heterocycles. The number of hydrogen-bond acceptors (Lipinski definition) is 4. The number of carbonyl (C=O) groups excluding carboxylic acids is 2. The normalized spacial score (nSPS) is 10.3. The van der Waals surface area contributed by atoms with Gasteiger partial charge in [-0.15, -0.1) is 0 Å². The fraction of sp³-hybridized carbons (Fsp3) is 0.556. The van der Waals surface area contributed by atoms with E-state index in [-0.39, 0.29) is 24.8 Å². The van der Waals surface area contributed by atoms with E-state index in [2.05, 4.69) is 22.9 Å². The second-order valence-electron chi connectivity index (χ2n) is 5.34. The maximum Gasteiger partial charge on any atom is 0.305 e. The molecule has 0 amide bonds. The zero-order chi connectivity index (χ0) is 16.9. The summed E-state index contributed by atoms with van der Waals surface area (Å²) in [6.07, 6.45) is 4.73. The zero-order valence-corrected chi connectivity index (χ0v) is 15.3. The first-order chi connectivity index (χ1) is 11.1. The smallest absolute Gasteiger partial charge is 0.305 e. The Bertz CT molecular complexity index is 488. The van der Waals surface area contributed by atoms with Crippen LogP contribution in [-0.2, 0) is 25.5 Å². The van der Waals surface area contributed by atoms with E-state index in [1.807, 2.05) is 24.3 Å². The molecule has 0 saturated heterocycles. The van der Waals surface area contributed by atoms with E-state index in [1.54, 1.807) is 0 Å². The third kappa shape index (κ3) is 9.39. The van der Waals surface area contributed by atoms with Gasteiger partial charge in [-0.05, 0) is 24.5 Å². The van der Waals surface area contributed by atoms with Gasteiger partial charge in [0.05, 0.1) is 13.2 Å². The van der Waals surface area contributed by atoms with Crippen molar-refractivity contribution in [2.24, 2.45) is 0 Å². The number of esters is 2. The molecule has 0 aliphatic rings. The van der Waals surface area contributed by atoms with Crippen molar-refractivity contribution in [2.45, 2.75) is 51.9 Å². The summed E-state index contributed by atoms with van der Waals surface area (Å²) < 4.78 is 11.3. The van der Waals surface area contributed by atoms with E-state index in [0.717, 1.165) is 29.3 Å². The van der Waals surface area contributed by atoms with Gasteiger partial charge in [0.2, 0.25) is 0 Å². The summed E-state index contributed by atoms with van der Waals surface area (Å²) in [5.41, 5.74) is 1.11. The van der Waals surface area contributed by atoms with Crippen molar-refractivity contribution in [2.75, 3.05) is 13.2 Å². The lowest BCUT2D eigenvalue weighted by Crippen LogP contribution is -2.10. The molecular formula is C18H25BrO4. The number of halogens is 1. The number of benzene rings is 1. The summed E-state index contributed by atoms with van der Waals surface area (Å²) in [4.78, 5) is 23.1. The molecular weight excluding hydrogens is 360 g/mol. The topological polar surface area (TPSA) is 52.6 Å². The Kier molecular flexibility index (Phi) is 10.4. The van der Waals surface area contributed by atoms with Crippen molar-refractivity contribution in [3.05, 3.63) is 34.3 Å². The molecule has 23 heavy (non-hydrogen) atoms. The van der Waals surface area contributed by atoms with Gasteiger partial charge in [-0.3, -0.25) is 9.59 Å². The standard InChI is InChI=1S/C18H25BrO4/c1-2-3-6-13-22-17(20)10-7-11-18(21)23-14-12-15-8-4-5-9-16(15)19/h4-5,8-9H,2-3,6-7,10-14H2,1H3. The van der Waals surface area contributed by atoms with Crippen LogP contribution in [-0.4, -0.2) is 25.2 Å². The van der Waals surface area contributed by atoms with Crippen molar-refractivity contribution >= 4 is 27.9 Å². The summed E-state index contributed by atoms with van der Waals surface area (Å²) in [7, 11) is 0. The highest BCUT2D eigenvalue weighted by molar-refractivity contribution is 9.10. The molecule has 0 spiro atoms. The van der Waals surface area contributed by atoms with E-state index in [4.69, 9.17) is 9.47 Å². The number of hydrogen-bond donors (Lipinski definition) is 0. The molecule has 4 nitrogen and oxygen atoms in total. The first kappa shape index (κ1) is 19.7. The van der Waals surface area contributed by atoms with Crippen molar-refractivity contribution in [3.8, 4) is 0 Å². The highest BCUT2D eigenvalue weighted by Crippen LogP contribution is 2.16. The lowest BCUT2D eigenvalue weighted by atomic mass is 10.2. The second-order valence-corrected chi connectivity index (χ2v) is 6.20. The summed E-state index contributed by atoms with van der Waals surface area (Å²) in [6, 6.07) is 7.85. The molecule has 0 fully saturated rings. The molecule has 0 unspecified atom stereocenters. The van der Waals surface area contributed by atoms with Crippen molar-refractivity contribution in [1.82, 2.24) is 0 Å². The minimum absolute atomic E-state index is 0.234. The predicted molar refractivity (Wildman–Crippen MR) is 93.1 cm³/mol. The maximum atomic E-state index is 11.6. The Balaban J connectivity index is 2.06. The third-order valence-corrected chi connectivity index (χ3v) is 4.14. The predicted octanol–water partition coefficient (Wildman–Crippen LogP) is 4.44. The highest BCUT2D eigenvalue weighted by Gasteiger charge is 2.08. The van der Waals surface area contributed by atoms with Gasteiger partial charge in [-0.2, -0.15) is 0 Å². The van der Waals surface area contributed by atoms with Gasteiger partial charge in [0.15, 0.2) is 0 Å². The van der Waals surface area contributed by atoms with Crippen LogP contribution in [0.15, 0.2) is 28.7 Å². The highest BCUT2D eigenvalue weighted by atomic mass is 79.9. The van der Waals surface area contributed by atoms with Gasteiger partial charge in [-0.1, -0.05) is 53.9 Å². The van der Waals surface area contributed by atoms with Crippen molar-refractivity contribution in [1.29, 1.82) is 0 Å². The van der Waals surface area contributed by atoms with E-state index in [1.165, 1.54) is 0 Å². The lowest BCUT2D eigenvalue weighted by molar-refractivity contribution is -0.145. The third-order valence-electron chi connectivity index (χ3n) is 3.37. The Morgan fingerprint density at radius 1 is 0.957 bits per heavy atom. The average Bonchev–Trinajstić information content (AvgIpc) is 2.53. The number of rotatable bonds is 11. The van der Waals surface area contributed by atoms with Crippen LogP contribution < -0.4 is 0 Å². The Morgan fingerprint density at radius 2 is 1.61 bits per heavy atom. The zero-order valence-electron chi connectivity index (χ0n) is 13.7. The maximum absolute atomic E-state index is 11.6. The first-order valence-corrected chi connectivity index (χ1v) is 8.97. The van der Waals surface area contributed by atoms with Gasteiger partial charge in [0.1, 0.15) is 0 Å². The van der Waals surface area contributed by atoms with Crippen LogP contribution in [0.3, 0.4) is 0 Å². The summed E-state index contributed by atoms with van der Waals surface area (Å²) >= 11 is 3.46. The molecule has 1 aromatic rings. The van der Waals surface area contributed by atoms with Crippen LogP contribution in [0.4, 0.5) is 0 Å². The molecule has 0 saturated carbocycles. The van der Waals surface area contributed by atoms with Crippen LogP contribution in [0, 0.1) is 0 Å². The lowest BCUT2D eigenvalue weighted by Gasteiger charge is -2.07. The molecule has 0 aromatic heterocycles. The van der Waals surface area contributed by atoms with Crippen LogP contribution in [0.1, 0.15) is 51.0 Å². The second kappa shape index (κ2) is 12.1. The van der Waals surface area contributed by atoms with Gasteiger partial charge in [-0.25, -0.2) is 0 Å². The van der Waals surface area contributed by atoms with Gasteiger partial charge in [0.25, 0.3) is 0 Å². The summed E-state index contributed by atoms with van der Waals surface area (Å²) in [5, 5.41) is 0. The van der Waals surface area contributed by atoms with E-state index in [0.29, 0.717) is 26.1 Å². The molecule has 0 N–H and O–H groups in total. The quantitative estimate of drug-likeness (QED) is 0.418. The fourth-order valence-electron chi connectivity index (χ4n) is 2.04. The first-order valence-electron chi connectivity index (χ1n) is 8.18. The van der Waals surface area contributed by atoms with Crippen LogP contribution in [0.2, 0.25) is 0 Å². The van der Waals surface area contributed by atoms with Crippen LogP contribution in [0.5, 0.6) is 0 Å². The minimum atomic E-state index is -0.268. The van der Waals surface area contributed by atoms with Crippen molar-refractivity contribution in [3.63, 3.8) is 0 Å². The monoisotopic (exact) mass is 384 g/mol. The molecule has 0 radical (unpaired) electrons. The molecule has 0 bridgehead atoms. The Morgan fingerprint density at radius 3 is 2.26 bits per heavy atom. The van der Waals surface area contributed by atoms with E-state index >= 15 is 0 Å². The molecule has 1 aromatic carbocycles. The Labute approximate surface area is 146 Å². The summed E-state index contributed by atoms with van der Waals surface area (Å²) in [6.45, 7) is 2.93. The van der Waals surface area contributed by atoms with Gasteiger partial charge < -0.3 is 9.47 Å². The van der Waals surface area contributed by atoms with Crippen LogP contribution >= 0.6 is 15.9 Å². The van der Waals surface area contributed by atoms with Crippen molar-refractivity contribution < 1.29 is 19.1 Å². The van der Waals surface area contributed by atoms with Crippen LogP contribution in [0.25, 0.3) is 0 Å². The van der Waals surface area contributed by atoms with Gasteiger partial charge in [0, 0.05) is 23.7 Å². The number of ether oxygens (including phenoxy) is 2. The molecule has 128 valence electrons. The molecule has 5 heteroatoms. The Hall–Kier alpha value is -1.36. The molecule has 0 aliphatic heterocycles.